The van der Waals surface area contributed by atoms with E-state index in [1.54, 1.807) is 13.2 Å². The van der Waals surface area contributed by atoms with Crippen molar-refractivity contribution in [1.82, 2.24) is 15.4 Å². The highest BCUT2D eigenvalue weighted by Crippen LogP contribution is 2.24. The molecule has 1 atom stereocenters. The first kappa shape index (κ1) is 20.6. The molecule has 0 spiro atoms. The molecular weight excluding hydrogens is 366 g/mol. The fourth-order valence-electron chi connectivity index (χ4n) is 3.12. The lowest BCUT2D eigenvalue weighted by Gasteiger charge is -2.25. The minimum atomic E-state index is -0.260. The maximum absolute atomic E-state index is 12.6. The van der Waals surface area contributed by atoms with Crippen LogP contribution >= 0.6 is 0 Å². The van der Waals surface area contributed by atoms with Crippen LogP contribution in [0.25, 0.3) is 11.3 Å². The van der Waals surface area contributed by atoms with Gasteiger partial charge in [-0.3, -0.25) is 4.79 Å². The largest absolute Gasteiger partial charge is 0.497 e. The molecule has 0 saturated carbocycles. The Morgan fingerprint density at radius 2 is 1.83 bits per heavy atom. The van der Waals surface area contributed by atoms with E-state index >= 15 is 0 Å². The molecule has 0 aliphatic heterocycles. The van der Waals surface area contributed by atoms with Crippen molar-refractivity contribution in [3.8, 4) is 17.1 Å². The number of hydrogen-bond donors (Lipinski definition) is 1. The van der Waals surface area contributed by atoms with Crippen molar-refractivity contribution in [3.05, 3.63) is 70.9 Å². The molecule has 6 heteroatoms. The van der Waals surface area contributed by atoms with Crippen LogP contribution in [0.5, 0.6) is 5.75 Å². The summed E-state index contributed by atoms with van der Waals surface area (Å²) < 4.78 is 10.6. The van der Waals surface area contributed by atoms with Crippen LogP contribution in [0.1, 0.15) is 33.2 Å². The van der Waals surface area contributed by atoms with Gasteiger partial charge in [0.2, 0.25) is 0 Å². The van der Waals surface area contributed by atoms with Gasteiger partial charge in [-0.15, -0.1) is 0 Å². The lowest BCUT2D eigenvalue weighted by atomic mass is 10.0. The number of benzene rings is 2. The molecule has 152 valence electrons. The zero-order valence-electron chi connectivity index (χ0n) is 17.5. The molecule has 1 amide bonds. The van der Waals surface area contributed by atoms with Crippen LogP contribution in [0.2, 0.25) is 0 Å². The number of methoxy groups -OCH3 is 1. The summed E-state index contributed by atoms with van der Waals surface area (Å²) >= 11 is 0. The quantitative estimate of drug-likeness (QED) is 0.657. The molecule has 0 saturated heterocycles. The van der Waals surface area contributed by atoms with E-state index in [1.165, 1.54) is 11.1 Å². The van der Waals surface area contributed by atoms with E-state index < -0.39 is 0 Å². The molecule has 3 rings (SSSR count). The summed E-state index contributed by atoms with van der Waals surface area (Å²) in [5.41, 5.74) is 4.64. The van der Waals surface area contributed by atoms with Crippen molar-refractivity contribution in [1.29, 1.82) is 0 Å². The standard InChI is InChI=1S/C23H27N3O3/c1-15-6-7-18(12-16(15)2)22-13-20(25-29-22)23(27)24-14-21(26(3)4)17-8-10-19(28-5)11-9-17/h6-13,21H,14H2,1-5H3,(H,24,27). The number of likely N-dealkylation sites (N-methyl/N-ethyl adjacent to an activating group) is 1. The Kier molecular flexibility index (Phi) is 6.34. The number of aromatic nitrogens is 1. The van der Waals surface area contributed by atoms with Crippen LogP contribution in [0.15, 0.2) is 53.1 Å². The number of aryl methyl sites for hydroxylation is 2. The van der Waals surface area contributed by atoms with Gasteiger partial charge in [-0.25, -0.2) is 0 Å². The third-order valence-electron chi connectivity index (χ3n) is 5.11. The number of amides is 1. The number of carbonyl (C=O) groups excluding carboxylic acids is 1. The molecule has 0 aliphatic carbocycles. The lowest BCUT2D eigenvalue weighted by Crippen LogP contribution is -2.34. The van der Waals surface area contributed by atoms with E-state index in [1.807, 2.05) is 63.5 Å². The molecule has 3 aromatic rings. The van der Waals surface area contributed by atoms with Gasteiger partial charge in [0.1, 0.15) is 5.75 Å². The van der Waals surface area contributed by atoms with E-state index in [0.29, 0.717) is 12.3 Å². The summed E-state index contributed by atoms with van der Waals surface area (Å²) in [6.45, 7) is 4.55. The number of nitrogens with one attached hydrogen (secondary N) is 1. The number of hydrogen-bond acceptors (Lipinski definition) is 5. The van der Waals surface area contributed by atoms with Gasteiger partial charge in [-0.1, -0.05) is 29.4 Å². The highest BCUT2D eigenvalue weighted by atomic mass is 16.5. The molecule has 0 fully saturated rings. The summed E-state index contributed by atoms with van der Waals surface area (Å²) in [6, 6.07) is 15.6. The fraction of sp³-hybridized carbons (Fsp3) is 0.304. The van der Waals surface area contributed by atoms with E-state index in [9.17, 15) is 4.79 Å². The van der Waals surface area contributed by atoms with Gasteiger partial charge in [0, 0.05) is 18.2 Å². The van der Waals surface area contributed by atoms with Crippen LogP contribution in [0, 0.1) is 13.8 Å². The molecule has 1 unspecified atom stereocenters. The topological polar surface area (TPSA) is 67.6 Å². The molecule has 0 aliphatic rings. The van der Waals surface area contributed by atoms with Crippen LogP contribution in [-0.2, 0) is 0 Å². The molecule has 1 heterocycles. The van der Waals surface area contributed by atoms with Crippen LogP contribution < -0.4 is 10.1 Å². The monoisotopic (exact) mass is 393 g/mol. The van der Waals surface area contributed by atoms with Gasteiger partial charge in [-0.2, -0.15) is 0 Å². The first-order valence-electron chi connectivity index (χ1n) is 9.52. The van der Waals surface area contributed by atoms with Crippen molar-refractivity contribution in [2.24, 2.45) is 0 Å². The third kappa shape index (κ3) is 4.84. The molecular formula is C23H27N3O3. The van der Waals surface area contributed by atoms with E-state index in [2.05, 4.69) is 22.3 Å². The minimum Gasteiger partial charge on any atom is -0.497 e. The minimum absolute atomic E-state index is 0.0241. The Labute approximate surface area is 171 Å². The summed E-state index contributed by atoms with van der Waals surface area (Å²) in [6.07, 6.45) is 0. The Balaban J connectivity index is 1.69. The second kappa shape index (κ2) is 8.92. The van der Waals surface area contributed by atoms with Crippen molar-refractivity contribution < 1.29 is 14.1 Å². The van der Waals surface area contributed by atoms with Crippen LogP contribution in [-0.4, -0.2) is 43.7 Å². The smallest absolute Gasteiger partial charge is 0.273 e. The van der Waals surface area contributed by atoms with Crippen molar-refractivity contribution in [2.75, 3.05) is 27.7 Å². The zero-order chi connectivity index (χ0) is 21.0. The van der Waals surface area contributed by atoms with Gasteiger partial charge >= 0.3 is 0 Å². The Morgan fingerprint density at radius 3 is 2.45 bits per heavy atom. The predicted molar refractivity (Wildman–Crippen MR) is 113 cm³/mol. The highest BCUT2D eigenvalue weighted by Gasteiger charge is 2.18. The molecule has 1 N–H and O–H groups in total. The second-order valence-corrected chi connectivity index (χ2v) is 7.34. The maximum atomic E-state index is 12.6. The number of nitrogens with zero attached hydrogens (tertiary/aromatic N) is 2. The van der Waals surface area contributed by atoms with E-state index in [0.717, 1.165) is 16.9 Å². The van der Waals surface area contributed by atoms with Crippen LogP contribution in [0.3, 0.4) is 0 Å². The predicted octanol–water partition coefficient (Wildman–Crippen LogP) is 4.00. The lowest BCUT2D eigenvalue weighted by molar-refractivity contribution is 0.0933. The van der Waals surface area contributed by atoms with Gasteiger partial charge < -0.3 is 19.5 Å². The Morgan fingerprint density at radius 1 is 1.10 bits per heavy atom. The average Bonchev–Trinajstić information content (AvgIpc) is 3.20. The zero-order valence-corrected chi connectivity index (χ0v) is 17.5. The maximum Gasteiger partial charge on any atom is 0.273 e. The highest BCUT2D eigenvalue weighted by molar-refractivity contribution is 5.93. The third-order valence-corrected chi connectivity index (χ3v) is 5.11. The van der Waals surface area contributed by atoms with Crippen molar-refractivity contribution >= 4 is 5.91 Å². The average molecular weight is 393 g/mol. The van der Waals surface area contributed by atoms with E-state index in [-0.39, 0.29) is 17.6 Å². The number of carbonyl (C=O) groups is 1. The first-order valence-corrected chi connectivity index (χ1v) is 9.52. The molecule has 2 aromatic carbocycles. The van der Waals surface area contributed by atoms with Gasteiger partial charge in [0.25, 0.3) is 5.91 Å². The molecule has 6 nitrogen and oxygen atoms in total. The van der Waals surface area contributed by atoms with Crippen molar-refractivity contribution in [2.45, 2.75) is 19.9 Å². The molecule has 29 heavy (non-hydrogen) atoms. The normalized spacial score (nSPS) is 12.1. The van der Waals surface area contributed by atoms with Gasteiger partial charge in [-0.05, 0) is 62.8 Å². The second-order valence-electron chi connectivity index (χ2n) is 7.34. The van der Waals surface area contributed by atoms with Crippen LogP contribution in [0.4, 0.5) is 0 Å². The van der Waals surface area contributed by atoms with E-state index in [4.69, 9.17) is 9.26 Å². The number of ether oxygens (including phenoxy) is 1. The van der Waals surface area contributed by atoms with Gasteiger partial charge in [0.15, 0.2) is 11.5 Å². The molecule has 0 bridgehead atoms. The SMILES string of the molecule is COc1ccc(C(CNC(=O)c2cc(-c3ccc(C)c(C)c3)on2)N(C)C)cc1. The number of rotatable bonds is 7. The Hall–Kier alpha value is -3.12. The summed E-state index contributed by atoms with van der Waals surface area (Å²) in [4.78, 5) is 14.7. The Bertz CT molecular complexity index is 977. The fourth-order valence-corrected chi connectivity index (χ4v) is 3.12. The van der Waals surface area contributed by atoms with Gasteiger partial charge in [0.05, 0.1) is 13.2 Å². The summed E-state index contributed by atoms with van der Waals surface area (Å²) in [7, 11) is 5.60. The molecule has 0 radical (unpaired) electrons. The van der Waals surface area contributed by atoms with Crippen molar-refractivity contribution in [3.63, 3.8) is 0 Å². The summed E-state index contributed by atoms with van der Waals surface area (Å²) in [5, 5.41) is 6.90. The first-order chi connectivity index (χ1) is 13.9. The molecule has 1 aromatic heterocycles. The summed E-state index contributed by atoms with van der Waals surface area (Å²) in [5.74, 6) is 1.12.